The first-order chi connectivity index (χ1) is 13.3. The molecule has 0 aromatic heterocycles. The van der Waals surface area contributed by atoms with Crippen LogP contribution in [0.4, 0.5) is 0 Å². The molecule has 154 valence electrons. The van der Waals surface area contributed by atoms with Crippen molar-refractivity contribution >= 4 is 5.91 Å². The number of ether oxygens (including phenoxy) is 2. The van der Waals surface area contributed by atoms with Crippen LogP contribution in [-0.4, -0.2) is 43.2 Å². The normalized spacial score (nSPS) is 26.8. The lowest BCUT2D eigenvalue weighted by Crippen LogP contribution is -2.42. The number of carbonyl (C=O) groups excluding carboxylic acids is 1. The molecule has 28 heavy (non-hydrogen) atoms. The zero-order valence-corrected chi connectivity index (χ0v) is 17.4. The van der Waals surface area contributed by atoms with Crippen LogP contribution in [-0.2, 0) is 14.3 Å². The number of rotatable bonds is 7. The highest BCUT2D eigenvalue weighted by Gasteiger charge is 2.46. The van der Waals surface area contributed by atoms with Gasteiger partial charge in [0.1, 0.15) is 5.76 Å². The van der Waals surface area contributed by atoms with Gasteiger partial charge >= 0.3 is 0 Å². The number of unbranched alkanes of at least 4 members (excludes halogenated alkanes) is 1. The fourth-order valence-corrected chi connectivity index (χ4v) is 3.92. The van der Waals surface area contributed by atoms with Crippen LogP contribution in [0.15, 0.2) is 47.7 Å². The summed E-state index contributed by atoms with van der Waals surface area (Å²) in [5, 5.41) is 2.94. The standard InChI is InChI=1S/C22H33N3O3/c1-5-6-8-16(23)21(26)24-15-11-12-19(25(4)13-15)28-18-10-7-9-17-20(18)22(2,3)14-27-17/h7,9-12,16-17,20H,5-6,8,13-14,23H2,1-4H3,(H,24,26). The predicted octanol–water partition coefficient (Wildman–Crippen LogP) is 2.80. The molecule has 1 fully saturated rings. The van der Waals surface area contributed by atoms with Gasteiger partial charge in [-0.15, -0.1) is 0 Å². The molecule has 0 spiro atoms. The van der Waals surface area contributed by atoms with Gasteiger partial charge in [-0.25, -0.2) is 0 Å². The smallest absolute Gasteiger partial charge is 0.241 e. The average Bonchev–Trinajstić information content (AvgIpc) is 2.97. The van der Waals surface area contributed by atoms with Gasteiger partial charge in [0.15, 0.2) is 5.88 Å². The number of likely N-dealkylation sites (N-methyl/N-ethyl adjacent to an activating group) is 1. The first-order valence-electron chi connectivity index (χ1n) is 10.2. The molecule has 0 radical (unpaired) electrons. The molecule has 1 saturated heterocycles. The van der Waals surface area contributed by atoms with Gasteiger partial charge in [0, 0.05) is 24.2 Å². The number of nitrogens with one attached hydrogen (secondary N) is 1. The van der Waals surface area contributed by atoms with E-state index in [0.29, 0.717) is 13.0 Å². The number of fused-ring (bicyclic) bond motifs is 1. The zero-order valence-electron chi connectivity index (χ0n) is 17.4. The summed E-state index contributed by atoms with van der Waals surface area (Å²) in [6.45, 7) is 7.80. The monoisotopic (exact) mass is 387 g/mol. The predicted molar refractivity (Wildman–Crippen MR) is 110 cm³/mol. The lowest BCUT2D eigenvalue weighted by atomic mass is 9.76. The lowest BCUT2D eigenvalue weighted by Gasteiger charge is -2.34. The second-order valence-corrected chi connectivity index (χ2v) is 8.59. The Hall–Kier alpha value is -2.05. The molecule has 3 aliphatic rings. The quantitative estimate of drug-likeness (QED) is 0.702. The van der Waals surface area contributed by atoms with Crippen molar-refractivity contribution in [1.29, 1.82) is 0 Å². The summed E-state index contributed by atoms with van der Waals surface area (Å²) in [6.07, 6.45) is 12.7. The van der Waals surface area contributed by atoms with E-state index in [4.69, 9.17) is 15.2 Å². The molecule has 0 saturated carbocycles. The van der Waals surface area contributed by atoms with Crippen molar-refractivity contribution < 1.29 is 14.3 Å². The van der Waals surface area contributed by atoms with E-state index in [0.717, 1.165) is 36.8 Å². The Bertz CT molecular complexity index is 721. The lowest BCUT2D eigenvalue weighted by molar-refractivity contribution is -0.121. The van der Waals surface area contributed by atoms with Crippen molar-refractivity contribution in [2.75, 3.05) is 20.2 Å². The molecule has 0 aromatic carbocycles. The molecule has 0 bridgehead atoms. The van der Waals surface area contributed by atoms with Crippen LogP contribution in [0.5, 0.6) is 0 Å². The van der Waals surface area contributed by atoms with E-state index in [1.165, 1.54) is 0 Å². The Morgan fingerprint density at radius 1 is 1.43 bits per heavy atom. The largest absolute Gasteiger partial charge is 0.445 e. The van der Waals surface area contributed by atoms with Crippen molar-refractivity contribution in [1.82, 2.24) is 10.2 Å². The minimum Gasteiger partial charge on any atom is -0.445 e. The molecule has 3 N–H and O–H groups in total. The fraction of sp³-hybridized carbons (Fsp3) is 0.591. The van der Waals surface area contributed by atoms with E-state index >= 15 is 0 Å². The molecule has 6 heteroatoms. The van der Waals surface area contributed by atoms with Crippen molar-refractivity contribution in [3.05, 3.63) is 47.7 Å². The van der Waals surface area contributed by atoms with Gasteiger partial charge in [-0.05, 0) is 18.6 Å². The second kappa shape index (κ2) is 8.53. The Morgan fingerprint density at radius 3 is 2.93 bits per heavy atom. The van der Waals surface area contributed by atoms with Crippen molar-refractivity contribution in [3.63, 3.8) is 0 Å². The summed E-state index contributed by atoms with van der Waals surface area (Å²) in [5.41, 5.74) is 6.81. The van der Waals surface area contributed by atoms with Crippen LogP contribution in [0.3, 0.4) is 0 Å². The van der Waals surface area contributed by atoms with Crippen molar-refractivity contribution in [3.8, 4) is 0 Å². The van der Waals surface area contributed by atoms with E-state index in [9.17, 15) is 4.79 Å². The topological polar surface area (TPSA) is 76.8 Å². The minimum atomic E-state index is -0.464. The third-order valence-corrected chi connectivity index (χ3v) is 5.61. The minimum absolute atomic E-state index is 0.0264. The molecule has 3 atom stereocenters. The maximum Gasteiger partial charge on any atom is 0.241 e. The van der Waals surface area contributed by atoms with Gasteiger partial charge < -0.3 is 25.4 Å². The van der Waals surface area contributed by atoms with Crippen LogP contribution in [0, 0.1) is 11.3 Å². The molecule has 3 unspecified atom stereocenters. The first kappa shape index (κ1) is 20.7. The fourth-order valence-electron chi connectivity index (χ4n) is 3.92. The number of nitrogens with zero attached hydrogens (tertiary/aromatic N) is 1. The first-order valence-corrected chi connectivity index (χ1v) is 10.2. The summed E-state index contributed by atoms with van der Waals surface area (Å²) in [7, 11) is 1.95. The summed E-state index contributed by atoms with van der Waals surface area (Å²) in [5.74, 6) is 1.76. The van der Waals surface area contributed by atoms with E-state index in [1.54, 1.807) is 0 Å². The Morgan fingerprint density at radius 2 is 2.21 bits per heavy atom. The van der Waals surface area contributed by atoms with Gasteiger partial charge in [0.25, 0.3) is 0 Å². The number of amides is 1. The van der Waals surface area contributed by atoms with Crippen molar-refractivity contribution in [2.24, 2.45) is 17.1 Å². The van der Waals surface area contributed by atoms with Gasteiger partial charge in [-0.1, -0.05) is 45.8 Å². The highest BCUT2D eigenvalue weighted by Crippen LogP contribution is 2.45. The molecule has 0 aromatic rings. The van der Waals surface area contributed by atoms with Crippen molar-refractivity contribution in [2.45, 2.75) is 52.2 Å². The van der Waals surface area contributed by atoms with Crippen LogP contribution >= 0.6 is 0 Å². The van der Waals surface area contributed by atoms with Crippen LogP contribution < -0.4 is 11.1 Å². The Labute approximate surface area is 168 Å². The summed E-state index contributed by atoms with van der Waals surface area (Å²) in [4.78, 5) is 14.2. The van der Waals surface area contributed by atoms with E-state index in [1.807, 2.05) is 36.3 Å². The zero-order chi connectivity index (χ0) is 20.3. The van der Waals surface area contributed by atoms with Crippen LogP contribution in [0.1, 0.15) is 40.0 Å². The SMILES string of the molecule is CCCCC(N)C(=O)NC1=CC=C(OC2=CC=CC3OCC(C)(C)C23)N(C)C1. The number of hydrogen-bond acceptors (Lipinski definition) is 5. The highest BCUT2D eigenvalue weighted by atomic mass is 16.5. The summed E-state index contributed by atoms with van der Waals surface area (Å²) >= 11 is 0. The molecular weight excluding hydrogens is 354 g/mol. The van der Waals surface area contributed by atoms with Gasteiger partial charge in [-0.3, -0.25) is 4.79 Å². The average molecular weight is 388 g/mol. The van der Waals surface area contributed by atoms with E-state index < -0.39 is 6.04 Å². The third kappa shape index (κ3) is 4.50. The molecule has 1 amide bonds. The Balaban J connectivity index is 1.65. The number of carbonyl (C=O) groups is 1. The third-order valence-electron chi connectivity index (χ3n) is 5.61. The Kier molecular flexibility index (Phi) is 6.30. The maximum absolute atomic E-state index is 12.2. The number of nitrogens with two attached hydrogens (primary N) is 1. The molecule has 1 aliphatic carbocycles. The van der Waals surface area contributed by atoms with E-state index in [-0.39, 0.29) is 23.3 Å². The van der Waals surface area contributed by atoms with Crippen LogP contribution in [0.2, 0.25) is 0 Å². The molecule has 2 aliphatic heterocycles. The summed E-state index contributed by atoms with van der Waals surface area (Å²) in [6, 6.07) is -0.464. The molecule has 2 heterocycles. The second-order valence-electron chi connectivity index (χ2n) is 8.59. The number of allylic oxidation sites excluding steroid dienone is 4. The summed E-state index contributed by atoms with van der Waals surface area (Å²) < 4.78 is 12.2. The molecule has 3 rings (SSSR count). The van der Waals surface area contributed by atoms with Gasteiger partial charge in [0.05, 0.1) is 31.2 Å². The molecule has 6 nitrogen and oxygen atoms in total. The van der Waals surface area contributed by atoms with E-state index in [2.05, 4.69) is 32.2 Å². The number of hydrogen-bond donors (Lipinski definition) is 2. The highest BCUT2D eigenvalue weighted by molar-refractivity contribution is 5.83. The van der Waals surface area contributed by atoms with Gasteiger partial charge in [-0.2, -0.15) is 0 Å². The van der Waals surface area contributed by atoms with Crippen LogP contribution in [0.25, 0.3) is 0 Å². The van der Waals surface area contributed by atoms with Gasteiger partial charge in [0.2, 0.25) is 5.91 Å². The molecular formula is C22H33N3O3. The maximum atomic E-state index is 12.2.